The van der Waals surface area contributed by atoms with Crippen LogP contribution in [-0.2, 0) is 9.59 Å². The van der Waals surface area contributed by atoms with Crippen molar-refractivity contribution >= 4 is 11.8 Å². The van der Waals surface area contributed by atoms with Gasteiger partial charge in [-0.15, -0.1) is 0 Å². The van der Waals surface area contributed by atoms with Crippen LogP contribution in [0.15, 0.2) is 0 Å². The Morgan fingerprint density at radius 3 is 2.71 bits per heavy atom. The van der Waals surface area contributed by atoms with Crippen LogP contribution >= 0.6 is 0 Å². The number of carbonyl (C=O) groups is 2. The fourth-order valence-electron chi connectivity index (χ4n) is 2.69. The number of rotatable bonds is 4. The number of hydrogen-bond donors (Lipinski definition) is 1. The number of likely N-dealkylation sites (tertiary alicyclic amines) is 2. The van der Waals surface area contributed by atoms with Crippen LogP contribution in [0.3, 0.4) is 0 Å². The number of carbonyl (C=O) groups excluding carboxylic acids is 2. The number of hydrogen-bond acceptors (Lipinski definition) is 4. The van der Waals surface area contributed by atoms with Crippen LogP contribution in [0.4, 0.5) is 0 Å². The highest BCUT2D eigenvalue weighted by atomic mass is 16.2. The van der Waals surface area contributed by atoms with Gasteiger partial charge in [0.05, 0.1) is 12.5 Å². The van der Waals surface area contributed by atoms with Gasteiger partial charge in [0, 0.05) is 19.1 Å². The third-order valence-corrected chi connectivity index (χ3v) is 3.83. The molecule has 5 heteroatoms. The van der Waals surface area contributed by atoms with Gasteiger partial charge in [-0.2, -0.15) is 0 Å². The van der Waals surface area contributed by atoms with Crippen LogP contribution < -0.4 is 5.32 Å². The van der Waals surface area contributed by atoms with Gasteiger partial charge in [0.25, 0.3) is 0 Å². The lowest BCUT2D eigenvalue weighted by Gasteiger charge is -2.21. The Hall–Kier alpha value is -0.940. The molecular weight excluding hydrogens is 218 g/mol. The zero-order chi connectivity index (χ0) is 12.4. The standard InChI is InChI=1S/C12H21N3O2/c1-3-15-11(16)7-10(12(15)17)13-8-9-5-4-6-14(9)2/h9-10,13H,3-8H2,1-2H3. The minimum atomic E-state index is -0.295. The molecule has 0 aromatic heterocycles. The topological polar surface area (TPSA) is 52.7 Å². The maximum atomic E-state index is 11.9. The van der Waals surface area contributed by atoms with Crippen molar-refractivity contribution in [1.82, 2.24) is 15.1 Å². The van der Waals surface area contributed by atoms with Crippen LogP contribution in [0.2, 0.25) is 0 Å². The number of imide groups is 1. The van der Waals surface area contributed by atoms with E-state index in [1.165, 1.54) is 17.7 Å². The second-order valence-electron chi connectivity index (χ2n) is 4.92. The average molecular weight is 239 g/mol. The smallest absolute Gasteiger partial charge is 0.246 e. The predicted octanol–water partition coefficient (Wildman–Crippen LogP) is -0.182. The molecule has 96 valence electrons. The lowest BCUT2D eigenvalue weighted by molar-refractivity contribution is -0.138. The molecule has 1 N–H and O–H groups in total. The van der Waals surface area contributed by atoms with E-state index >= 15 is 0 Å². The quantitative estimate of drug-likeness (QED) is 0.691. The Balaban J connectivity index is 1.84. The summed E-state index contributed by atoms with van der Waals surface area (Å²) in [6.07, 6.45) is 2.72. The second-order valence-corrected chi connectivity index (χ2v) is 4.92. The van der Waals surface area contributed by atoms with E-state index in [0.29, 0.717) is 19.0 Å². The summed E-state index contributed by atoms with van der Waals surface area (Å²) >= 11 is 0. The number of nitrogens with zero attached hydrogens (tertiary/aromatic N) is 2. The van der Waals surface area contributed by atoms with Gasteiger partial charge < -0.3 is 10.2 Å². The summed E-state index contributed by atoms with van der Waals surface area (Å²) in [7, 11) is 2.11. The van der Waals surface area contributed by atoms with E-state index in [2.05, 4.69) is 17.3 Å². The molecule has 0 saturated carbocycles. The third-order valence-electron chi connectivity index (χ3n) is 3.83. The summed E-state index contributed by atoms with van der Waals surface area (Å²) in [4.78, 5) is 27.1. The van der Waals surface area contributed by atoms with E-state index < -0.39 is 0 Å². The van der Waals surface area contributed by atoms with Crippen molar-refractivity contribution in [2.75, 3.05) is 26.7 Å². The summed E-state index contributed by atoms with van der Waals surface area (Å²) in [5.41, 5.74) is 0. The van der Waals surface area contributed by atoms with Gasteiger partial charge in [0.1, 0.15) is 0 Å². The molecule has 0 aromatic rings. The van der Waals surface area contributed by atoms with Crippen molar-refractivity contribution in [3.63, 3.8) is 0 Å². The first kappa shape index (κ1) is 12.5. The van der Waals surface area contributed by atoms with E-state index in [1.807, 2.05) is 6.92 Å². The summed E-state index contributed by atoms with van der Waals surface area (Å²) in [5, 5.41) is 3.24. The monoisotopic (exact) mass is 239 g/mol. The largest absolute Gasteiger partial charge is 0.304 e. The molecule has 0 bridgehead atoms. The first-order chi connectivity index (χ1) is 8.13. The molecule has 2 aliphatic rings. The SMILES string of the molecule is CCN1C(=O)CC(NCC2CCCN2C)C1=O. The maximum absolute atomic E-state index is 11.9. The third kappa shape index (κ3) is 2.50. The molecule has 2 atom stereocenters. The lowest BCUT2D eigenvalue weighted by atomic mass is 10.2. The van der Waals surface area contributed by atoms with Crippen LogP contribution in [0.1, 0.15) is 26.2 Å². The Morgan fingerprint density at radius 1 is 1.41 bits per heavy atom. The highest BCUT2D eigenvalue weighted by Crippen LogP contribution is 2.16. The van der Waals surface area contributed by atoms with Crippen molar-refractivity contribution in [3.8, 4) is 0 Å². The highest BCUT2D eigenvalue weighted by molar-refractivity contribution is 6.05. The molecule has 0 aromatic carbocycles. The second kappa shape index (κ2) is 5.14. The average Bonchev–Trinajstić information content (AvgIpc) is 2.81. The molecule has 2 fully saturated rings. The van der Waals surface area contributed by atoms with Gasteiger partial charge in [-0.05, 0) is 33.4 Å². The van der Waals surface area contributed by atoms with E-state index in [-0.39, 0.29) is 17.9 Å². The molecule has 2 amide bonds. The number of amides is 2. The minimum Gasteiger partial charge on any atom is -0.304 e. The van der Waals surface area contributed by atoms with Crippen molar-refractivity contribution in [2.24, 2.45) is 0 Å². The van der Waals surface area contributed by atoms with Gasteiger partial charge in [-0.1, -0.05) is 0 Å². The molecule has 2 heterocycles. The number of likely N-dealkylation sites (N-methyl/N-ethyl adjacent to an activating group) is 2. The molecule has 0 spiro atoms. The molecule has 5 nitrogen and oxygen atoms in total. The van der Waals surface area contributed by atoms with E-state index in [0.717, 1.165) is 13.1 Å². The molecule has 2 unspecified atom stereocenters. The first-order valence-electron chi connectivity index (χ1n) is 6.41. The normalized spacial score (nSPS) is 30.6. The molecule has 2 rings (SSSR count). The van der Waals surface area contributed by atoms with Gasteiger partial charge in [0.15, 0.2) is 0 Å². The van der Waals surface area contributed by atoms with Crippen molar-refractivity contribution in [3.05, 3.63) is 0 Å². The molecule has 2 aliphatic heterocycles. The zero-order valence-electron chi connectivity index (χ0n) is 10.6. The van der Waals surface area contributed by atoms with Gasteiger partial charge in [-0.25, -0.2) is 0 Å². The molecule has 0 aliphatic carbocycles. The minimum absolute atomic E-state index is 0.0465. The zero-order valence-corrected chi connectivity index (χ0v) is 10.6. The van der Waals surface area contributed by atoms with Crippen LogP contribution in [0, 0.1) is 0 Å². The highest BCUT2D eigenvalue weighted by Gasteiger charge is 2.37. The van der Waals surface area contributed by atoms with Gasteiger partial charge >= 0.3 is 0 Å². The lowest BCUT2D eigenvalue weighted by Crippen LogP contribution is -2.44. The van der Waals surface area contributed by atoms with Crippen molar-refractivity contribution in [2.45, 2.75) is 38.3 Å². The fourth-order valence-corrected chi connectivity index (χ4v) is 2.69. The van der Waals surface area contributed by atoms with Crippen LogP contribution in [0.5, 0.6) is 0 Å². The van der Waals surface area contributed by atoms with Gasteiger partial charge in [0.2, 0.25) is 11.8 Å². The summed E-state index contributed by atoms with van der Waals surface area (Å²) in [6.45, 7) is 4.25. The molecule has 2 saturated heterocycles. The maximum Gasteiger partial charge on any atom is 0.246 e. The van der Waals surface area contributed by atoms with Gasteiger partial charge in [-0.3, -0.25) is 14.5 Å². The molecule has 17 heavy (non-hydrogen) atoms. The molecular formula is C12H21N3O2. The Kier molecular flexibility index (Phi) is 3.79. The summed E-state index contributed by atoms with van der Waals surface area (Å²) in [6, 6.07) is 0.213. The summed E-state index contributed by atoms with van der Waals surface area (Å²) in [5.74, 6) is -0.104. The Bertz CT molecular complexity index is 319. The molecule has 0 radical (unpaired) electrons. The first-order valence-corrected chi connectivity index (χ1v) is 6.41. The predicted molar refractivity (Wildman–Crippen MR) is 64.5 cm³/mol. The fraction of sp³-hybridized carbons (Fsp3) is 0.833. The van der Waals surface area contributed by atoms with Crippen molar-refractivity contribution in [1.29, 1.82) is 0 Å². The Morgan fingerprint density at radius 2 is 2.18 bits per heavy atom. The van der Waals surface area contributed by atoms with Crippen LogP contribution in [0.25, 0.3) is 0 Å². The van der Waals surface area contributed by atoms with Crippen molar-refractivity contribution < 1.29 is 9.59 Å². The summed E-state index contributed by atoms with van der Waals surface area (Å²) < 4.78 is 0. The van der Waals surface area contributed by atoms with Crippen LogP contribution in [-0.4, -0.2) is 60.4 Å². The Labute approximate surface area is 102 Å². The van der Waals surface area contributed by atoms with E-state index in [1.54, 1.807) is 0 Å². The number of nitrogens with one attached hydrogen (secondary N) is 1. The van der Waals surface area contributed by atoms with E-state index in [9.17, 15) is 9.59 Å². The van der Waals surface area contributed by atoms with E-state index in [4.69, 9.17) is 0 Å².